The molecule has 0 radical (unpaired) electrons. The second kappa shape index (κ2) is 8.19. The Balaban J connectivity index is 2.15. The second-order valence-corrected chi connectivity index (χ2v) is 8.56. The smallest absolute Gasteiger partial charge is 0.354 e. The van der Waals surface area contributed by atoms with Crippen LogP contribution in [-0.2, 0) is 26.6 Å². The molecule has 2 aromatic rings. The van der Waals surface area contributed by atoms with Gasteiger partial charge in [-0.3, -0.25) is 4.79 Å². The van der Waals surface area contributed by atoms with Gasteiger partial charge in [0, 0.05) is 24.8 Å². The van der Waals surface area contributed by atoms with Crippen molar-refractivity contribution in [3.05, 3.63) is 46.4 Å². The molecule has 2 rings (SSSR count). The first-order chi connectivity index (χ1) is 12.6. The first-order valence-corrected chi connectivity index (χ1v) is 9.75. The van der Waals surface area contributed by atoms with Crippen LogP contribution in [0, 0.1) is 5.82 Å². The fourth-order valence-electron chi connectivity index (χ4n) is 2.23. The molecule has 0 aliphatic rings. The summed E-state index contributed by atoms with van der Waals surface area (Å²) in [5.74, 6) is -2.06. The van der Waals surface area contributed by atoms with Crippen molar-refractivity contribution in [2.24, 2.45) is 7.05 Å². The Morgan fingerprint density at radius 2 is 2.00 bits per heavy atom. The average Bonchev–Trinajstić information content (AvgIpc) is 2.99. The van der Waals surface area contributed by atoms with E-state index in [9.17, 15) is 22.4 Å². The van der Waals surface area contributed by atoms with Crippen molar-refractivity contribution in [3.63, 3.8) is 0 Å². The van der Waals surface area contributed by atoms with Gasteiger partial charge >= 0.3 is 5.97 Å². The standard InChI is InChI=1S/C16H17BrFN3O5S/c1-20-8-11(7-14(20)16(23)26-3)27(24,25)21(2)9-15(22)19-13-5-4-10(17)6-12(13)18/h4-8H,9H2,1-3H3,(H,19,22). The maximum atomic E-state index is 13.8. The van der Waals surface area contributed by atoms with Crippen molar-refractivity contribution in [2.45, 2.75) is 4.90 Å². The number of benzene rings is 1. The number of hydrogen-bond acceptors (Lipinski definition) is 5. The molecular weight excluding hydrogens is 445 g/mol. The Morgan fingerprint density at radius 3 is 2.59 bits per heavy atom. The highest BCUT2D eigenvalue weighted by Gasteiger charge is 2.26. The minimum atomic E-state index is -4.04. The van der Waals surface area contributed by atoms with Crippen LogP contribution in [0.5, 0.6) is 0 Å². The predicted octanol–water partition coefficient (Wildman–Crippen LogP) is 1.97. The topological polar surface area (TPSA) is 97.7 Å². The molecule has 0 spiro atoms. The molecule has 8 nitrogen and oxygen atoms in total. The van der Waals surface area contributed by atoms with E-state index in [2.05, 4.69) is 26.0 Å². The molecule has 0 atom stereocenters. The van der Waals surface area contributed by atoms with E-state index in [1.54, 1.807) is 0 Å². The van der Waals surface area contributed by atoms with E-state index in [-0.39, 0.29) is 16.3 Å². The van der Waals surface area contributed by atoms with Crippen molar-refractivity contribution in [3.8, 4) is 0 Å². The van der Waals surface area contributed by atoms with Crippen LogP contribution in [0.4, 0.5) is 10.1 Å². The molecule has 1 amide bonds. The summed E-state index contributed by atoms with van der Waals surface area (Å²) in [6, 6.07) is 5.22. The lowest BCUT2D eigenvalue weighted by Gasteiger charge is -2.16. The minimum absolute atomic E-state index is 0.0471. The normalized spacial score (nSPS) is 11.5. The summed E-state index contributed by atoms with van der Waals surface area (Å²) in [6.45, 7) is -0.541. The van der Waals surface area contributed by atoms with Crippen LogP contribution in [0.1, 0.15) is 10.5 Å². The van der Waals surface area contributed by atoms with Crippen LogP contribution in [0.2, 0.25) is 0 Å². The Bertz CT molecular complexity index is 990. The second-order valence-electron chi connectivity index (χ2n) is 5.60. The summed E-state index contributed by atoms with van der Waals surface area (Å²) in [6.07, 6.45) is 1.24. The minimum Gasteiger partial charge on any atom is -0.464 e. The van der Waals surface area contributed by atoms with Gasteiger partial charge < -0.3 is 14.6 Å². The zero-order chi connectivity index (χ0) is 20.4. The van der Waals surface area contributed by atoms with Crippen molar-refractivity contribution < 1.29 is 27.1 Å². The molecule has 0 fully saturated rings. The molecule has 0 aliphatic heterocycles. The van der Waals surface area contributed by atoms with Crippen LogP contribution >= 0.6 is 15.9 Å². The van der Waals surface area contributed by atoms with Gasteiger partial charge in [-0.25, -0.2) is 17.6 Å². The number of rotatable bonds is 6. The Labute approximate surface area is 164 Å². The number of anilines is 1. The van der Waals surface area contributed by atoms with Gasteiger partial charge in [0.25, 0.3) is 0 Å². The molecule has 1 N–H and O–H groups in total. The number of aryl methyl sites for hydroxylation is 1. The molecule has 146 valence electrons. The number of nitrogens with one attached hydrogen (secondary N) is 1. The molecule has 1 aromatic heterocycles. The molecular formula is C16H17BrFN3O5S. The number of likely N-dealkylation sites (N-methyl/N-ethyl adjacent to an activating group) is 1. The summed E-state index contributed by atoms with van der Waals surface area (Å²) in [5, 5.41) is 2.32. The number of hydrogen-bond donors (Lipinski definition) is 1. The number of nitrogens with zero attached hydrogens (tertiary/aromatic N) is 2. The molecule has 0 saturated carbocycles. The van der Waals surface area contributed by atoms with Crippen LogP contribution in [0.3, 0.4) is 0 Å². The molecule has 0 aliphatic carbocycles. The molecule has 0 unspecified atom stereocenters. The third kappa shape index (κ3) is 4.73. The van der Waals surface area contributed by atoms with Gasteiger partial charge in [0.05, 0.1) is 19.3 Å². The Kier molecular flexibility index (Phi) is 6.39. The summed E-state index contributed by atoms with van der Waals surface area (Å²) in [5.41, 5.74) is -0.0208. The fourth-order valence-corrected chi connectivity index (χ4v) is 3.76. The van der Waals surface area contributed by atoms with Crippen LogP contribution in [0.25, 0.3) is 0 Å². The number of esters is 1. The lowest BCUT2D eigenvalue weighted by atomic mass is 10.3. The number of aromatic nitrogens is 1. The Hall–Kier alpha value is -2.24. The van der Waals surface area contributed by atoms with E-state index in [1.165, 1.54) is 50.2 Å². The third-order valence-electron chi connectivity index (χ3n) is 3.65. The average molecular weight is 462 g/mol. The number of carbonyl (C=O) groups excluding carboxylic acids is 2. The molecule has 1 aromatic carbocycles. The summed E-state index contributed by atoms with van der Waals surface area (Å²) in [4.78, 5) is 23.5. The van der Waals surface area contributed by atoms with E-state index in [4.69, 9.17) is 0 Å². The van der Waals surface area contributed by atoms with Gasteiger partial charge in [-0.1, -0.05) is 15.9 Å². The van der Waals surface area contributed by atoms with Crippen LogP contribution in [0.15, 0.2) is 39.8 Å². The third-order valence-corrected chi connectivity index (χ3v) is 5.92. The van der Waals surface area contributed by atoms with Crippen molar-refractivity contribution >= 4 is 43.5 Å². The lowest BCUT2D eigenvalue weighted by molar-refractivity contribution is -0.116. The molecule has 0 saturated heterocycles. The first kappa shape index (κ1) is 21.1. The monoisotopic (exact) mass is 461 g/mol. The maximum Gasteiger partial charge on any atom is 0.354 e. The number of carbonyl (C=O) groups is 2. The van der Waals surface area contributed by atoms with Gasteiger partial charge in [0.1, 0.15) is 16.4 Å². The van der Waals surface area contributed by atoms with E-state index < -0.39 is 34.3 Å². The number of methoxy groups -OCH3 is 1. The van der Waals surface area contributed by atoms with E-state index >= 15 is 0 Å². The molecule has 27 heavy (non-hydrogen) atoms. The van der Waals surface area contributed by atoms with Crippen LogP contribution < -0.4 is 5.32 Å². The highest BCUT2D eigenvalue weighted by Crippen LogP contribution is 2.20. The van der Waals surface area contributed by atoms with Gasteiger partial charge in [0.15, 0.2) is 0 Å². The molecule has 1 heterocycles. The molecule has 11 heteroatoms. The van der Waals surface area contributed by atoms with Gasteiger partial charge in [-0.2, -0.15) is 4.31 Å². The molecule has 0 bridgehead atoms. The Morgan fingerprint density at radius 1 is 1.33 bits per heavy atom. The van der Waals surface area contributed by atoms with Crippen LogP contribution in [-0.4, -0.2) is 49.9 Å². The highest BCUT2D eigenvalue weighted by atomic mass is 79.9. The van der Waals surface area contributed by atoms with Gasteiger partial charge in [0.2, 0.25) is 15.9 Å². The zero-order valence-electron chi connectivity index (χ0n) is 14.7. The zero-order valence-corrected chi connectivity index (χ0v) is 17.1. The van der Waals surface area contributed by atoms with Crippen molar-refractivity contribution in [1.82, 2.24) is 8.87 Å². The number of ether oxygens (including phenoxy) is 1. The quantitative estimate of drug-likeness (QED) is 0.663. The summed E-state index contributed by atoms with van der Waals surface area (Å²) in [7, 11) is -0.162. The van der Waals surface area contributed by atoms with E-state index in [0.29, 0.717) is 4.47 Å². The predicted molar refractivity (Wildman–Crippen MR) is 99.3 cm³/mol. The number of amides is 1. The van der Waals surface area contributed by atoms with Gasteiger partial charge in [-0.15, -0.1) is 0 Å². The summed E-state index contributed by atoms with van der Waals surface area (Å²) >= 11 is 3.10. The van der Waals surface area contributed by atoms with Crippen molar-refractivity contribution in [1.29, 1.82) is 0 Å². The highest BCUT2D eigenvalue weighted by molar-refractivity contribution is 9.10. The number of sulfonamides is 1. The lowest BCUT2D eigenvalue weighted by Crippen LogP contribution is -2.35. The van der Waals surface area contributed by atoms with Crippen molar-refractivity contribution in [2.75, 3.05) is 26.0 Å². The fraction of sp³-hybridized carbons (Fsp3) is 0.250. The number of halogens is 2. The maximum absolute atomic E-state index is 13.8. The summed E-state index contributed by atoms with van der Waals surface area (Å²) < 4.78 is 46.2. The SMILES string of the molecule is COC(=O)c1cc(S(=O)(=O)N(C)CC(=O)Nc2ccc(Br)cc2F)cn1C. The first-order valence-electron chi connectivity index (χ1n) is 7.52. The van der Waals surface area contributed by atoms with E-state index in [1.807, 2.05) is 0 Å². The van der Waals surface area contributed by atoms with Gasteiger partial charge in [-0.05, 0) is 24.3 Å². The largest absolute Gasteiger partial charge is 0.464 e. The van der Waals surface area contributed by atoms with E-state index in [0.717, 1.165) is 10.4 Å².